The number of aryl methyl sites for hydroxylation is 1. The zero-order chi connectivity index (χ0) is 9.26. The van der Waals surface area contributed by atoms with Gasteiger partial charge in [0, 0.05) is 17.9 Å². The van der Waals surface area contributed by atoms with Gasteiger partial charge in [0.25, 0.3) is 0 Å². The molecule has 1 fully saturated rings. The third kappa shape index (κ3) is 2.02. The lowest BCUT2D eigenvalue weighted by Crippen LogP contribution is -2.16. The maximum absolute atomic E-state index is 4.24. The molecule has 1 heterocycles. The van der Waals surface area contributed by atoms with E-state index in [0.717, 1.165) is 17.6 Å². The van der Waals surface area contributed by atoms with E-state index in [1.54, 1.807) is 0 Å². The van der Waals surface area contributed by atoms with Gasteiger partial charge >= 0.3 is 0 Å². The largest absolute Gasteiger partial charge is 0.353 e. The van der Waals surface area contributed by atoms with E-state index >= 15 is 0 Å². The molecule has 0 amide bonds. The maximum atomic E-state index is 4.24. The highest BCUT2D eigenvalue weighted by Crippen LogP contribution is 2.26. The Morgan fingerprint density at radius 3 is 2.92 bits per heavy atom. The zero-order valence-electron chi connectivity index (χ0n) is 8.30. The van der Waals surface area contributed by atoms with Crippen molar-refractivity contribution in [2.75, 3.05) is 5.32 Å². The molecule has 1 saturated carbocycles. The third-order valence-corrected chi connectivity index (χ3v) is 2.74. The predicted octanol–water partition coefficient (Wildman–Crippen LogP) is 2.32. The maximum Gasteiger partial charge on any atom is 0.200 e. The summed E-state index contributed by atoms with van der Waals surface area (Å²) in [7, 11) is 0. The third-order valence-electron chi connectivity index (χ3n) is 2.74. The highest BCUT2D eigenvalue weighted by atomic mass is 15.1. The number of aromatic nitrogens is 2. The molecular formula is C10H17N3. The summed E-state index contributed by atoms with van der Waals surface area (Å²) < 4.78 is 0. The van der Waals surface area contributed by atoms with Gasteiger partial charge in [-0.2, -0.15) is 0 Å². The number of hydrogen-bond acceptors (Lipinski definition) is 2. The fourth-order valence-corrected chi connectivity index (χ4v) is 2.02. The van der Waals surface area contributed by atoms with Crippen LogP contribution in [0, 0.1) is 12.8 Å². The summed E-state index contributed by atoms with van der Waals surface area (Å²) in [6, 6.07) is 0.626. The first-order chi connectivity index (χ1) is 6.24. The Hall–Kier alpha value is -0.990. The minimum atomic E-state index is 0.626. The van der Waals surface area contributed by atoms with Crippen LogP contribution >= 0.6 is 0 Å². The Morgan fingerprint density at radius 2 is 2.38 bits per heavy atom. The molecule has 2 rings (SSSR count). The van der Waals surface area contributed by atoms with Crippen LogP contribution in [-0.2, 0) is 0 Å². The molecule has 0 spiro atoms. The van der Waals surface area contributed by atoms with E-state index in [0.29, 0.717) is 6.04 Å². The lowest BCUT2D eigenvalue weighted by Gasteiger charge is -2.10. The fraction of sp³-hybridized carbons (Fsp3) is 0.700. The van der Waals surface area contributed by atoms with Gasteiger partial charge in [-0.15, -0.1) is 0 Å². The number of aromatic amines is 1. The van der Waals surface area contributed by atoms with Crippen LogP contribution in [0.2, 0.25) is 0 Å². The summed E-state index contributed by atoms with van der Waals surface area (Å²) >= 11 is 0. The molecule has 3 heteroatoms. The Bertz CT molecular complexity index is 279. The number of nitrogens with zero attached hydrogens (tertiary/aromatic N) is 1. The molecule has 0 saturated heterocycles. The van der Waals surface area contributed by atoms with Gasteiger partial charge in [-0.1, -0.05) is 6.92 Å². The first-order valence-corrected chi connectivity index (χ1v) is 5.02. The summed E-state index contributed by atoms with van der Waals surface area (Å²) in [6.45, 7) is 4.34. The van der Waals surface area contributed by atoms with Crippen LogP contribution in [0.15, 0.2) is 6.20 Å². The van der Waals surface area contributed by atoms with E-state index in [4.69, 9.17) is 0 Å². The van der Waals surface area contributed by atoms with Gasteiger partial charge in [-0.05, 0) is 32.1 Å². The van der Waals surface area contributed by atoms with E-state index in [9.17, 15) is 0 Å². The van der Waals surface area contributed by atoms with Gasteiger partial charge in [-0.3, -0.25) is 0 Å². The quantitative estimate of drug-likeness (QED) is 0.731. The van der Waals surface area contributed by atoms with E-state index in [-0.39, 0.29) is 0 Å². The number of imidazole rings is 1. The van der Waals surface area contributed by atoms with E-state index in [1.165, 1.54) is 19.3 Å². The van der Waals surface area contributed by atoms with Crippen LogP contribution in [0.5, 0.6) is 0 Å². The molecular weight excluding hydrogens is 162 g/mol. The minimum Gasteiger partial charge on any atom is -0.353 e. The van der Waals surface area contributed by atoms with Crippen LogP contribution in [-0.4, -0.2) is 16.0 Å². The predicted molar refractivity (Wildman–Crippen MR) is 53.8 cm³/mol. The summed E-state index contributed by atoms with van der Waals surface area (Å²) in [6.07, 6.45) is 5.76. The van der Waals surface area contributed by atoms with Crippen molar-refractivity contribution in [2.24, 2.45) is 5.92 Å². The fourth-order valence-electron chi connectivity index (χ4n) is 2.02. The van der Waals surface area contributed by atoms with Gasteiger partial charge < -0.3 is 10.3 Å². The Kier molecular flexibility index (Phi) is 2.25. The van der Waals surface area contributed by atoms with Gasteiger partial charge in [0.05, 0.1) is 0 Å². The molecule has 0 aromatic carbocycles. The van der Waals surface area contributed by atoms with Crippen LogP contribution in [0.3, 0.4) is 0 Å². The SMILES string of the molecule is Cc1cnc(NC2CCC(C)C2)[nH]1. The monoisotopic (exact) mass is 179 g/mol. The molecule has 72 valence electrons. The number of rotatable bonds is 2. The Balaban J connectivity index is 1.91. The van der Waals surface area contributed by atoms with Gasteiger partial charge in [0.1, 0.15) is 0 Å². The van der Waals surface area contributed by atoms with Crippen molar-refractivity contribution in [1.29, 1.82) is 0 Å². The Labute approximate surface area is 79.0 Å². The van der Waals surface area contributed by atoms with Crippen LogP contribution in [0.1, 0.15) is 31.9 Å². The highest BCUT2D eigenvalue weighted by Gasteiger charge is 2.21. The molecule has 1 aliphatic carbocycles. The van der Waals surface area contributed by atoms with Gasteiger partial charge in [0.15, 0.2) is 0 Å². The molecule has 1 aliphatic rings. The lowest BCUT2D eigenvalue weighted by atomic mass is 10.1. The highest BCUT2D eigenvalue weighted by molar-refractivity contribution is 5.27. The lowest BCUT2D eigenvalue weighted by molar-refractivity contribution is 0.602. The molecule has 3 nitrogen and oxygen atoms in total. The second-order valence-corrected chi connectivity index (χ2v) is 4.17. The zero-order valence-corrected chi connectivity index (χ0v) is 8.30. The molecule has 0 bridgehead atoms. The topological polar surface area (TPSA) is 40.7 Å². The molecule has 13 heavy (non-hydrogen) atoms. The summed E-state index contributed by atoms with van der Waals surface area (Å²) in [5, 5.41) is 3.43. The summed E-state index contributed by atoms with van der Waals surface area (Å²) in [5.74, 6) is 1.80. The van der Waals surface area contributed by atoms with Crippen molar-refractivity contribution in [3.8, 4) is 0 Å². The molecule has 2 unspecified atom stereocenters. The first kappa shape index (κ1) is 8.60. The van der Waals surface area contributed by atoms with Crippen LogP contribution < -0.4 is 5.32 Å². The molecule has 2 atom stereocenters. The van der Waals surface area contributed by atoms with Crippen LogP contribution in [0.25, 0.3) is 0 Å². The molecule has 0 radical (unpaired) electrons. The summed E-state index contributed by atoms with van der Waals surface area (Å²) in [5.41, 5.74) is 1.12. The smallest absolute Gasteiger partial charge is 0.200 e. The van der Waals surface area contributed by atoms with Crippen molar-refractivity contribution in [1.82, 2.24) is 9.97 Å². The number of nitrogens with one attached hydrogen (secondary N) is 2. The summed E-state index contributed by atoms with van der Waals surface area (Å²) in [4.78, 5) is 7.43. The molecule has 1 aromatic heterocycles. The second-order valence-electron chi connectivity index (χ2n) is 4.17. The van der Waals surface area contributed by atoms with Crippen molar-refractivity contribution < 1.29 is 0 Å². The van der Waals surface area contributed by atoms with Crippen molar-refractivity contribution in [2.45, 2.75) is 39.2 Å². The van der Waals surface area contributed by atoms with E-state index in [2.05, 4.69) is 22.2 Å². The minimum absolute atomic E-state index is 0.626. The number of hydrogen-bond donors (Lipinski definition) is 2. The normalized spacial score (nSPS) is 27.8. The first-order valence-electron chi connectivity index (χ1n) is 5.02. The Morgan fingerprint density at radius 1 is 1.54 bits per heavy atom. The number of H-pyrrole nitrogens is 1. The van der Waals surface area contributed by atoms with Gasteiger partial charge in [-0.25, -0.2) is 4.98 Å². The van der Waals surface area contributed by atoms with Crippen LogP contribution in [0.4, 0.5) is 5.95 Å². The average molecular weight is 179 g/mol. The average Bonchev–Trinajstić information content (AvgIpc) is 2.62. The van der Waals surface area contributed by atoms with E-state index < -0.39 is 0 Å². The second kappa shape index (κ2) is 3.40. The molecule has 2 N–H and O–H groups in total. The molecule has 0 aliphatic heterocycles. The van der Waals surface area contributed by atoms with E-state index in [1.807, 2.05) is 13.1 Å². The van der Waals surface area contributed by atoms with Crippen molar-refractivity contribution in [3.63, 3.8) is 0 Å². The number of anilines is 1. The standard InChI is InChI=1S/C10H17N3/c1-7-3-4-9(5-7)13-10-11-6-8(2)12-10/h6-7,9H,3-5H2,1-2H3,(H2,11,12,13). The van der Waals surface area contributed by atoms with Gasteiger partial charge in [0.2, 0.25) is 5.95 Å². The molecule has 1 aromatic rings. The van der Waals surface area contributed by atoms with Crippen molar-refractivity contribution >= 4 is 5.95 Å². The van der Waals surface area contributed by atoms with Crippen molar-refractivity contribution in [3.05, 3.63) is 11.9 Å².